The first-order chi connectivity index (χ1) is 10.4. The molecule has 0 spiro atoms. The number of carbonyl (C=O) groups is 2. The van der Waals surface area contributed by atoms with E-state index >= 15 is 0 Å². The summed E-state index contributed by atoms with van der Waals surface area (Å²) in [7, 11) is 3.61. The number of carbonyl (C=O) groups excluding carboxylic acids is 2. The van der Waals surface area contributed by atoms with E-state index in [-0.39, 0.29) is 29.9 Å². The lowest BCUT2D eigenvalue weighted by atomic mass is 9.94. The van der Waals surface area contributed by atoms with Gasteiger partial charge in [-0.05, 0) is 19.4 Å². The van der Waals surface area contributed by atoms with Gasteiger partial charge in [0.25, 0.3) is 0 Å². The summed E-state index contributed by atoms with van der Waals surface area (Å²) in [6, 6.07) is 10.1. The van der Waals surface area contributed by atoms with E-state index in [9.17, 15) is 9.59 Å². The molecule has 0 unspecified atom stereocenters. The predicted molar refractivity (Wildman–Crippen MR) is 86.4 cm³/mol. The van der Waals surface area contributed by atoms with E-state index in [0.717, 1.165) is 5.56 Å². The highest BCUT2D eigenvalue weighted by molar-refractivity contribution is 5.80. The van der Waals surface area contributed by atoms with Crippen molar-refractivity contribution in [3.63, 3.8) is 0 Å². The number of likely N-dealkylation sites (tertiary alicyclic amines) is 1. The van der Waals surface area contributed by atoms with Crippen LogP contribution in [-0.4, -0.2) is 48.4 Å². The Balaban J connectivity index is 2.06. The molecule has 0 radical (unpaired) electrons. The van der Waals surface area contributed by atoms with Crippen molar-refractivity contribution >= 4 is 11.9 Å². The zero-order chi connectivity index (χ0) is 16.3. The normalized spacial score (nSPS) is 21.3. The minimum atomic E-state index is -0.0937. The van der Waals surface area contributed by atoms with Gasteiger partial charge in [-0.15, -0.1) is 0 Å². The van der Waals surface area contributed by atoms with Crippen LogP contribution in [0.15, 0.2) is 30.3 Å². The van der Waals surface area contributed by atoms with E-state index in [1.54, 1.807) is 16.8 Å². The molecule has 2 atom stereocenters. The van der Waals surface area contributed by atoms with Crippen molar-refractivity contribution in [1.29, 1.82) is 0 Å². The molecule has 1 aromatic carbocycles. The van der Waals surface area contributed by atoms with Gasteiger partial charge in [0.05, 0.1) is 6.04 Å². The van der Waals surface area contributed by atoms with Gasteiger partial charge in [0, 0.05) is 39.0 Å². The monoisotopic (exact) mass is 303 g/mol. The largest absolute Gasteiger partial charge is 0.338 e. The Morgan fingerprint density at radius 3 is 2.59 bits per heavy atom. The van der Waals surface area contributed by atoms with Crippen molar-refractivity contribution < 1.29 is 9.59 Å². The molecule has 5 nitrogen and oxygen atoms in total. The van der Waals surface area contributed by atoms with Gasteiger partial charge >= 0.3 is 6.03 Å². The Bertz CT molecular complexity index is 530. The highest BCUT2D eigenvalue weighted by Crippen LogP contribution is 2.36. The van der Waals surface area contributed by atoms with Crippen molar-refractivity contribution in [2.75, 3.05) is 20.6 Å². The number of amides is 3. The number of nitrogens with one attached hydrogen (secondary N) is 1. The number of rotatable bonds is 4. The first-order valence-corrected chi connectivity index (χ1v) is 7.73. The third-order valence-corrected chi connectivity index (χ3v) is 4.45. The van der Waals surface area contributed by atoms with Gasteiger partial charge in [0.2, 0.25) is 5.91 Å². The van der Waals surface area contributed by atoms with Crippen LogP contribution in [0.5, 0.6) is 0 Å². The Labute approximate surface area is 132 Å². The van der Waals surface area contributed by atoms with Gasteiger partial charge in [-0.25, -0.2) is 4.79 Å². The standard InChI is InChI=1S/C17H25N3O2/c1-12(2)19(3)17(22)18-11-14-10-15(21)20(4)16(14)13-8-6-5-7-9-13/h5-9,12,14,16H,10-11H2,1-4H3,(H,18,22)/t14-,16-/m0/s1. The Morgan fingerprint density at radius 1 is 1.36 bits per heavy atom. The van der Waals surface area contributed by atoms with Crippen molar-refractivity contribution in [3.05, 3.63) is 35.9 Å². The molecular formula is C17H25N3O2. The molecule has 0 aliphatic carbocycles. The zero-order valence-corrected chi connectivity index (χ0v) is 13.7. The van der Waals surface area contributed by atoms with Gasteiger partial charge in [-0.2, -0.15) is 0 Å². The molecule has 2 rings (SSSR count). The average Bonchev–Trinajstić information content (AvgIpc) is 2.79. The Kier molecular flexibility index (Phi) is 5.06. The van der Waals surface area contributed by atoms with E-state index in [2.05, 4.69) is 5.32 Å². The van der Waals surface area contributed by atoms with Crippen LogP contribution in [0.25, 0.3) is 0 Å². The lowest BCUT2D eigenvalue weighted by molar-refractivity contribution is -0.127. The molecule has 120 valence electrons. The predicted octanol–water partition coefficient (Wildman–Crippen LogP) is 2.26. The molecule has 1 saturated heterocycles. The maximum absolute atomic E-state index is 12.1. The number of hydrogen-bond donors (Lipinski definition) is 1. The molecule has 1 N–H and O–H groups in total. The fraction of sp³-hybridized carbons (Fsp3) is 0.529. The van der Waals surface area contributed by atoms with Crippen molar-refractivity contribution in [2.45, 2.75) is 32.4 Å². The second-order valence-electron chi connectivity index (χ2n) is 6.22. The Hall–Kier alpha value is -2.04. The molecule has 1 aliphatic heterocycles. The molecule has 5 heteroatoms. The third-order valence-electron chi connectivity index (χ3n) is 4.45. The zero-order valence-electron chi connectivity index (χ0n) is 13.7. The molecule has 0 bridgehead atoms. The summed E-state index contributed by atoms with van der Waals surface area (Å²) in [6.45, 7) is 4.45. The van der Waals surface area contributed by atoms with Gasteiger partial charge in [0.1, 0.15) is 0 Å². The van der Waals surface area contributed by atoms with Crippen LogP contribution in [0.1, 0.15) is 31.9 Å². The van der Waals surface area contributed by atoms with Crippen LogP contribution in [0.2, 0.25) is 0 Å². The topological polar surface area (TPSA) is 52.7 Å². The molecule has 1 heterocycles. The van der Waals surface area contributed by atoms with Gasteiger partial charge in [-0.1, -0.05) is 30.3 Å². The van der Waals surface area contributed by atoms with Crippen molar-refractivity contribution in [3.8, 4) is 0 Å². The SMILES string of the molecule is CC(C)N(C)C(=O)NC[C@@H]1CC(=O)N(C)[C@H]1c1ccccc1. The van der Waals surface area contributed by atoms with Crippen LogP contribution in [0, 0.1) is 5.92 Å². The second kappa shape index (κ2) is 6.81. The summed E-state index contributed by atoms with van der Waals surface area (Å²) in [4.78, 5) is 27.6. The molecule has 0 aromatic heterocycles. The van der Waals surface area contributed by atoms with Crippen LogP contribution in [0.3, 0.4) is 0 Å². The quantitative estimate of drug-likeness (QED) is 0.927. The van der Waals surface area contributed by atoms with Crippen molar-refractivity contribution in [2.24, 2.45) is 5.92 Å². The van der Waals surface area contributed by atoms with Crippen molar-refractivity contribution in [1.82, 2.24) is 15.1 Å². The van der Waals surface area contributed by atoms with E-state index in [0.29, 0.717) is 13.0 Å². The molecule has 3 amide bonds. The van der Waals surface area contributed by atoms with Crippen LogP contribution < -0.4 is 5.32 Å². The number of nitrogens with zero attached hydrogens (tertiary/aromatic N) is 2. The fourth-order valence-corrected chi connectivity index (χ4v) is 2.86. The Morgan fingerprint density at radius 2 is 2.00 bits per heavy atom. The average molecular weight is 303 g/mol. The summed E-state index contributed by atoms with van der Waals surface area (Å²) in [5.74, 6) is 0.231. The van der Waals surface area contributed by atoms with E-state index in [4.69, 9.17) is 0 Å². The number of benzene rings is 1. The first-order valence-electron chi connectivity index (χ1n) is 7.73. The highest BCUT2D eigenvalue weighted by Gasteiger charge is 2.38. The summed E-state index contributed by atoms with van der Waals surface area (Å²) in [5.41, 5.74) is 1.12. The number of hydrogen-bond acceptors (Lipinski definition) is 2. The molecule has 1 aliphatic rings. The molecular weight excluding hydrogens is 278 g/mol. The van der Waals surface area contributed by atoms with Crippen LogP contribution >= 0.6 is 0 Å². The number of urea groups is 1. The fourth-order valence-electron chi connectivity index (χ4n) is 2.86. The second-order valence-corrected chi connectivity index (χ2v) is 6.22. The van der Waals surface area contributed by atoms with Gasteiger partial charge in [-0.3, -0.25) is 4.79 Å². The highest BCUT2D eigenvalue weighted by atomic mass is 16.2. The smallest absolute Gasteiger partial charge is 0.317 e. The summed E-state index contributed by atoms with van der Waals surface area (Å²) in [6.07, 6.45) is 0.474. The maximum Gasteiger partial charge on any atom is 0.317 e. The maximum atomic E-state index is 12.1. The molecule has 1 aromatic rings. The summed E-state index contributed by atoms with van der Waals surface area (Å²) in [5, 5.41) is 2.95. The van der Waals surface area contributed by atoms with Crippen LogP contribution in [0.4, 0.5) is 4.79 Å². The minimum absolute atomic E-state index is 0.0263. The first kappa shape index (κ1) is 16.3. The van der Waals surface area contributed by atoms with E-state index in [1.807, 2.05) is 51.2 Å². The molecule has 0 saturated carbocycles. The van der Waals surface area contributed by atoms with Crippen LogP contribution in [-0.2, 0) is 4.79 Å². The van der Waals surface area contributed by atoms with Gasteiger partial charge < -0.3 is 15.1 Å². The molecule has 1 fully saturated rings. The lowest BCUT2D eigenvalue weighted by Crippen LogP contribution is -2.43. The van der Waals surface area contributed by atoms with Gasteiger partial charge in [0.15, 0.2) is 0 Å². The molecule has 22 heavy (non-hydrogen) atoms. The third kappa shape index (κ3) is 3.40. The summed E-state index contributed by atoms with van der Waals surface area (Å²) >= 11 is 0. The van der Waals surface area contributed by atoms with E-state index in [1.165, 1.54) is 0 Å². The lowest BCUT2D eigenvalue weighted by Gasteiger charge is -2.27. The summed E-state index contributed by atoms with van der Waals surface area (Å²) < 4.78 is 0. The minimum Gasteiger partial charge on any atom is -0.338 e. The van der Waals surface area contributed by atoms with E-state index < -0.39 is 0 Å².